The summed E-state index contributed by atoms with van der Waals surface area (Å²) in [6.45, 7) is 3.43. The maximum atomic E-state index is 12.3. The van der Waals surface area contributed by atoms with Crippen LogP contribution in [0.1, 0.15) is 12.8 Å². The van der Waals surface area contributed by atoms with E-state index in [4.69, 9.17) is 4.74 Å². The van der Waals surface area contributed by atoms with Crippen LogP contribution in [0.5, 0.6) is 0 Å². The van der Waals surface area contributed by atoms with Gasteiger partial charge in [0.15, 0.2) is 0 Å². The molecule has 2 fully saturated rings. The topological polar surface area (TPSA) is 61.9 Å². The van der Waals surface area contributed by atoms with Gasteiger partial charge in [-0.25, -0.2) is 0 Å². The van der Waals surface area contributed by atoms with Crippen molar-refractivity contribution < 1.29 is 13.2 Å². The molecule has 1 N–H and O–H groups in total. The summed E-state index contributed by atoms with van der Waals surface area (Å²) < 4.78 is 33.3. The Bertz CT molecular complexity index is 339. The number of nitrogens with one attached hydrogen (secondary N) is 1. The molecular weight excluding hydrogens is 242 g/mol. The highest BCUT2D eigenvalue weighted by Crippen LogP contribution is 2.18. The molecule has 7 heteroatoms. The van der Waals surface area contributed by atoms with Crippen LogP contribution in [0.4, 0.5) is 0 Å². The summed E-state index contributed by atoms with van der Waals surface area (Å²) >= 11 is 0. The third kappa shape index (κ3) is 2.97. The number of morpholine rings is 1. The van der Waals surface area contributed by atoms with Crippen molar-refractivity contribution in [1.29, 1.82) is 0 Å². The van der Waals surface area contributed by atoms with Crippen LogP contribution in [0, 0.1) is 0 Å². The van der Waals surface area contributed by atoms with Crippen LogP contribution >= 0.6 is 0 Å². The summed E-state index contributed by atoms with van der Waals surface area (Å²) in [4.78, 5) is 0. The van der Waals surface area contributed by atoms with Crippen molar-refractivity contribution in [2.45, 2.75) is 18.9 Å². The second-order valence-corrected chi connectivity index (χ2v) is 6.45. The summed E-state index contributed by atoms with van der Waals surface area (Å²) in [5, 5.41) is 3.02. The molecule has 0 spiro atoms. The van der Waals surface area contributed by atoms with Crippen molar-refractivity contribution in [3.8, 4) is 0 Å². The van der Waals surface area contributed by atoms with Crippen molar-refractivity contribution in [3.63, 3.8) is 0 Å². The van der Waals surface area contributed by atoms with Gasteiger partial charge in [0.05, 0.1) is 12.7 Å². The smallest absolute Gasteiger partial charge is 0.282 e. The SMILES string of the molecule is CNCC1CN(S(=O)(=O)N2CCCC2)CCO1. The fourth-order valence-electron chi connectivity index (χ4n) is 2.34. The third-order valence-corrected chi connectivity index (χ3v) is 5.25. The third-order valence-electron chi connectivity index (χ3n) is 3.25. The zero-order chi connectivity index (χ0) is 12.3. The molecule has 2 saturated heterocycles. The molecule has 0 saturated carbocycles. The number of nitrogens with zero attached hydrogens (tertiary/aromatic N) is 2. The zero-order valence-corrected chi connectivity index (χ0v) is 11.1. The molecule has 1 unspecified atom stereocenters. The van der Waals surface area contributed by atoms with Crippen molar-refractivity contribution in [2.24, 2.45) is 0 Å². The Morgan fingerprint density at radius 3 is 2.59 bits per heavy atom. The normalized spacial score (nSPS) is 28.6. The monoisotopic (exact) mass is 263 g/mol. The van der Waals surface area contributed by atoms with Gasteiger partial charge < -0.3 is 10.1 Å². The van der Waals surface area contributed by atoms with E-state index in [1.807, 2.05) is 7.05 Å². The van der Waals surface area contributed by atoms with E-state index in [0.717, 1.165) is 12.8 Å². The molecule has 6 nitrogen and oxygen atoms in total. The molecule has 17 heavy (non-hydrogen) atoms. The Labute approximate surface area is 103 Å². The van der Waals surface area contributed by atoms with E-state index in [-0.39, 0.29) is 6.10 Å². The summed E-state index contributed by atoms with van der Waals surface area (Å²) in [7, 11) is -1.41. The predicted octanol–water partition coefficient (Wildman–Crippen LogP) is -0.753. The van der Waals surface area contributed by atoms with E-state index in [1.165, 1.54) is 0 Å². The largest absolute Gasteiger partial charge is 0.374 e. The second-order valence-electron chi connectivity index (χ2n) is 4.52. The van der Waals surface area contributed by atoms with Crippen LogP contribution in [0.25, 0.3) is 0 Å². The van der Waals surface area contributed by atoms with E-state index in [9.17, 15) is 8.42 Å². The van der Waals surface area contributed by atoms with Gasteiger partial charge in [-0.05, 0) is 19.9 Å². The van der Waals surface area contributed by atoms with Gasteiger partial charge in [-0.3, -0.25) is 0 Å². The van der Waals surface area contributed by atoms with Crippen LogP contribution in [-0.4, -0.2) is 69.5 Å². The Morgan fingerprint density at radius 2 is 1.94 bits per heavy atom. The van der Waals surface area contributed by atoms with Crippen molar-refractivity contribution in [3.05, 3.63) is 0 Å². The minimum atomic E-state index is -3.25. The highest BCUT2D eigenvalue weighted by molar-refractivity contribution is 7.86. The molecule has 2 rings (SSSR count). The molecule has 1 atom stereocenters. The first-order chi connectivity index (χ1) is 8.14. The van der Waals surface area contributed by atoms with Crippen molar-refractivity contribution in [2.75, 3.05) is 46.4 Å². The summed E-state index contributed by atoms with van der Waals surface area (Å²) in [5.74, 6) is 0. The molecular formula is C10H21N3O3S. The number of hydrogen-bond acceptors (Lipinski definition) is 4. The lowest BCUT2D eigenvalue weighted by Gasteiger charge is -2.34. The molecule has 0 aliphatic carbocycles. The van der Waals surface area contributed by atoms with Crippen LogP contribution in [0.3, 0.4) is 0 Å². The fourth-order valence-corrected chi connectivity index (χ4v) is 4.04. The van der Waals surface area contributed by atoms with E-state index in [0.29, 0.717) is 39.3 Å². The number of likely N-dealkylation sites (N-methyl/N-ethyl adjacent to an activating group) is 1. The van der Waals surface area contributed by atoms with Crippen LogP contribution in [0.15, 0.2) is 0 Å². The molecule has 2 aliphatic rings. The van der Waals surface area contributed by atoms with E-state index in [1.54, 1.807) is 8.61 Å². The Hall–Kier alpha value is -0.210. The van der Waals surface area contributed by atoms with E-state index < -0.39 is 10.2 Å². The Kier molecular flexibility index (Phi) is 4.37. The van der Waals surface area contributed by atoms with Crippen molar-refractivity contribution in [1.82, 2.24) is 13.9 Å². The molecule has 0 aromatic heterocycles. The lowest BCUT2D eigenvalue weighted by atomic mass is 10.3. The number of hydrogen-bond donors (Lipinski definition) is 1. The van der Waals surface area contributed by atoms with Gasteiger partial charge in [-0.2, -0.15) is 17.0 Å². The molecule has 2 heterocycles. The maximum Gasteiger partial charge on any atom is 0.282 e. The molecule has 0 bridgehead atoms. The van der Waals surface area contributed by atoms with Crippen LogP contribution in [0.2, 0.25) is 0 Å². The zero-order valence-electron chi connectivity index (χ0n) is 10.3. The molecule has 0 amide bonds. The van der Waals surface area contributed by atoms with Crippen LogP contribution < -0.4 is 5.32 Å². The quantitative estimate of drug-likeness (QED) is 0.725. The van der Waals surface area contributed by atoms with Crippen LogP contribution in [-0.2, 0) is 14.9 Å². The van der Waals surface area contributed by atoms with Gasteiger partial charge in [0, 0.05) is 32.7 Å². The predicted molar refractivity (Wildman–Crippen MR) is 65.0 cm³/mol. The Morgan fingerprint density at radius 1 is 1.24 bits per heavy atom. The summed E-state index contributed by atoms with van der Waals surface area (Å²) in [6.07, 6.45) is 1.92. The van der Waals surface area contributed by atoms with Gasteiger partial charge in [0.2, 0.25) is 0 Å². The maximum absolute atomic E-state index is 12.3. The van der Waals surface area contributed by atoms with Gasteiger partial charge in [0.25, 0.3) is 10.2 Å². The lowest BCUT2D eigenvalue weighted by molar-refractivity contribution is -0.000714. The average molecular weight is 263 g/mol. The molecule has 2 aliphatic heterocycles. The summed E-state index contributed by atoms with van der Waals surface area (Å²) in [5.41, 5.74) is 0. The van der Waals surface area contributed by atoms with E-state index >= 15 is 0 Å². The fraction of sp³-hybridized carbons (Fsp3) is 1.00. The van der Waals surface area contributed by atoms with Gasteiger partial charge in [-0.1, -0.05) is 0 Å². The first-order valence-corrected chi connectivity index (χ1v) is 7.55. The molecule has 0 aromatic carbocycles. The van der Waals surface area contributed by atoms with E-state index in [2.05, 4.69) is 5.32 Å². The van der Waals surface area contributed by atoms with Gasteiger partial charge in [-0.15, -0.1) is 0 Å². The second kappa shape index (κ2) is 5.62. The van der Waals surface area contributed by atoms with Crippen molar-refractivity contribution >= 4 is 10.2 Å². The minimum Gasteiger partial charge on any atom is -0.374 e. The summed E-state index contributed by atoms with van der Waals surface area (Å²) in [6, 6.07) is 0. The van der Waals surface area contributed by atoms with Gasteiger partial charge >= 0.3 is 0 Å². The molecule has 100 valence electrons. The lowest BCUT2D eigenvalue weighted by Crippen LogP contribution is -2.52. The molecule has 0 radical (unpaired) electrons. The Balaban J connectivity index is 2.00. The number of rotatable bonds is 4. The number of ether oxygens (including phenoxy) is 1. The molecule has 0 aromatic rings. The highest BCUT2D eigenvalue weighted by atomic mass is 32.2. The average Bonchev–Trinajstić information content (AvgIpc) is 2.84. The standard InChI is InChI=1S/C10H21N3O3S/c1-11-8-10-9-13(6-7-16-10)17(14,15)12-4-2-3-5-12/h10-11H,2-9H2,1H3. The van der Waals surface area contributed by atoms with Gasteiger partial charge in [0.1, 0.15) is 0 Å². The first kappa shape index (κ1) is 13.2. The highest BCUT2D eigenvalue weighted by Gasteiger charge is 2.34. The first-order valence-electron chi connectivity index (χ1n) is 6.16. The minimum absolute atomic E-state index is 0.0360.